The molecule has 2 atom stereocenters. The van der Waals surface area contributed by atoms with Gasteiger partial charge in [0.1, 0.15) is 12.9 Å². The zero-order valence-corrected chi connectivity index (χ0v) is 21.3. The Balaban J connectivity index is 0.000000174. The van der Waals surface area contributed by atoms with E-state index in [2.05, 4.69) is 55.9 Å². The molecule has 1 saturated carbocycles. The van der Waals surface area contributed by atoms with E-state index in [9.17, 15) is 4.79 Å². The highest BCUT2D eigenvalue weighted by molar-refractivity contribution is 5.68. The molecule has 1 saturated heterocycles. The van der Waals surface area contributed by atoms with Gasteiger partial charge in [-0.05, 0) is 36.0 Å². The zero-order valence-electron chi connectivity index (χ0n) is 21.3. The number of benzene rings is 1. The molecule has 0 radical (unpaired) electrons. The zero-order chi connectivity index (χ0) is 25.4. The second-order valence-corrected chi connectivity index (χ2v) is 8.00. The Morgan fingerprint density at radius 2 is 1.69 bits per heavy atom. The van der Waals surface area contributed by atoms with Gasteiger partial charge in [-0.2, -0.15) is 4.98 Å². The number of nitrogens with zero attached hydrogens (tertiary/aromatic N) is 7. The van der Waals surface area contributed by atoms with Crippen molar-refractivity contribution < 1.29 is 4.52 Å². The summed E-state index contributed by atoms with van der Waals surface area (Å²) < 4.78 is 7.88. The molecule has 1 aliphatic carbocycles. The van der Waals surface area contributed by atoms with Crippen LogP contribution in [0.2, 0.25) is 0 Å². The SMILES string of the molecule is C=Cc1ccc(N2C[C@H]3C[C@H]3C2)cc1.CC.CC.Cn1cnc2ncn(Cc3ncno3)c(=O)c21. The summed E-state index contributed by atoms with van der Waals surface area (Å²) in [5.41, 5.74) is 3.28. The molecule has 1 aliphatic heterocycles. The average Bonchev–Trinajstić information content (AvgIpc) is 3.28. The average molecular weight is 478 g/mol. The van der Waals surface area contributed by atoms with Crippen molar-refractivity contribution in [2.45, 2.75) is 40.7 Å². The summed E-state index contributed by atoms with van der Waals surface area (Å²) in [5, 5.41) is 3.48. The van der Waals surface area contributed by atoms with Crippen LogP contribution in [-0.2, 0) is 13.6 Å². The van der Waals surface area contributed by atoms with Crippen molar-refractivity contribution in [3.63, 3.8) is 0 Å². The van der Waals surface area contributed by atoms with Crippen molar-refractivity contribution in [2.75, 3.05) is 18.0 Å². The summed E-state index contributed by atoms with van der Waals surface area (Å²) in [6.45, 7) is 14.5. The molecular formula is C26H35N7O2. The molecule has 35 heavy (non-hydrogen) atoms. The lowest BCUT2D eigenvalue weighted by molar-refractivity contribution is 0.368. The fourth-order valence-corrected chi connectivity index (χ4v) is 4.03. The van der Waals surface area contributed by atoms with Crippen LogP contribution < -0.4 is 10.5 Å². The number of piperidine rings is 1. The van der Waals surface area contributed by atoms with E-state index in [1.165, 1.54) is 48.0 Å². The molecule has 0 bridgehead atoms. The lowest BCUT2D eigenvalue weighted by atomic mass is 10.2. The first-order valence-electron chi connectivity index (χ1n) is 12.2. The predicted molar refractivity (Wildman–Crippen MR) is 139 cm³/mol. The molecular weight excluding hydrogens is 442 g/mol. The molecule has 4 heterocycles. The van der Waals surface area contributed by atoms with Crippen LogP contribution in [0.3, 0.4) is 0 Å². The van der Waals surface area contributed by atoms with Crippen molar-refractivity contribution in [3.05, 3.63) is 71.6 Å². The fraction of sp³-hybridized carbons (Fsp3) is 0.423. The number of anilines is 1. The Kier molecular flexibility index (Phi) is 8.94. The Labute approximate surface area is 206 Å². The highest BCUT2D eigenvalue weighted by Crippen LogP contribution is 2.46. The lowest BCUT2D eigenvalue weighted by Crippen LogP contribution is -2.22. The molecule has 9 heteroatoms. The van der Waals surface area contributed by atoms with Gasteiger partial charge in [-0.3, -0.25) is 9.36 Å². The van der Waals surface area contributed by atoms with Crippen molar-refractivity contribution in [1.82, 2.24) is 29.2 Å². The van der Waals surface area contributed by atoms with Crippen molar-refractivity contribution in [3.8, 4) is 0 Å². The van der Waals surface area contributed by atoms with E-state index < -0.39 is 0 Å². The van der Waals surface area contributed by atoms with Gasteiger partial charge in [-0.15, -0.1) is 0 Å². The molecule has 1 aromatic carbocycles. The van der Waals surface area contributed by atoms with Crippen LogP contribution in [0.4, 0.5) is 5.69 Å². The van der Waals surface area contributed by atoms with Crippen LogP contribution >= 0.6 is 0 Å². The summed E-state index contributed by atoms with van der Waals surface area (Å²) in [6.07, 6.45) is 7.63. The van der Waals surface area contributed by atoms with E-state index in [1.54, 1.807) is 17.9 Å². The predicted octanol–water partition coefficient (Wildman–Crippen LogP) is 4.40. The van der Waals surface area contributed by atoms with E-state index in [4.69, 9.17) is 4.52 Å². The molecule has 2 fully saturated rings. The monoisotopic (exact) mass is 477 g/mol. The van der Waals surface area contributed by atoms with Crippen LogP contribution in [-0.4, -0.2) is 42.3 Å². The maximum atomic E-state index is 12.1. The van der Waals surface area contributed by atoms with Gasteiger partial charge in [0.25, 0.3) is 5.56 Å². The second-order valence-electron chi connectivity index (χ2n) is 8.00. The summed E-state index contributed by atoms with van der Waals surface area (Å²) >= 11 is 0. The largest absolute Gasteiger partial charge is 0.371 e. The minimum Gasteiger partial charge on any atom is -0.371 e. The summed E-state index contributed by atoms with van der Waals surface area (Å²) in [4.78, 5) is 26.6. The molecule has 186 valence electrons. The Hall–Kier alpha value is -3.75. The molecule has 6 rings (SSSR count). The van der Waals surface area contributed by atoms with Crippen LogP contribution in [0.1, 0.15) is 45.6 Å². The van der Waals surface area contributed by atoms with Gasteiger partial charge in [-0.25, -0.2) is 9.97 Å². The van der Waals surface area contributed by atoms with E-state index in [0.29, 0.717) is 17.1 Å². The van der Waals surface area contributed by atoms with Crippen LogP contribution in [0.25, 0.3) is 17.2 Å². The molecule has 4 aromatic rings. The Morgan fingerprint density at radius 3 is 2.29 bits per heavy atom. The second kappa shape index (κ2) is 12.1. The first-order chi connectivity index (χ1) is 17.1. The maximum Gasteiger partial charge on any atom is 0.280 e. The van der Waals surface area contributed by atoms with Gasteiger partial charge in [0.15, 0.2) is 17.5 Å². The molecule has 2 aliphatic rings. The molecule has 0 unspecified atom stereocenters. The summed E-state index contributed by atoms with van der Waals surface area (Å²) in [5.74, 6) is 2.37. The first-order valence-corrected chi connectivity index (χ1v) is 12.2. The van der Waals surface area contributed by atoms with Gasteiger partial charge >= 0.3 is 0 Å². The Bertz CT molecular complexity index is 1250. The van der Waals surface area contributed by atoms with E-state index in [1.807, 2.05) is 33.8 Å². The van der Waals surface area contributed by atoms with Gasteiger partial charge < -0.3 is 14.0 Å². The molecule has 0 N–H and O–H groups in total. The van der Waals surface area contributed by atoms with Gasteiger partial charge in [-0.1, -0.05) is 57.6 Å². The number of aryl methyl sites for hydroxylation is 1. The molecule has 0 amide bonds. The normalized spacial score (nSPS) is 17.2. The lowest BCUT2D eigenvalue weighted by Gasteiger charge is -2.20. The standard InChI is InChI=1S/C13H15N.C9H8N6O2.2C2H6/c1-2-10-3-5-13(6-4-10)14-8-11-7-12(11)9-14;1-14-4-11-8-7(14)9(16)15(5-12-8)2-6-10-3-13-17-6;2*1-2/h2-6,11-12H,1,7-9H2;3-5H,2H2,1H3;2*1-2H3/t11-,12+;;;. The van der Waals surface area contributed by atoms with Crippen molar-refractivity contribution >= 4 is 22.9 Å². The van der Waals surface area contributed by atoms with Crippen molar-refractivity contribution in [1.29, 1.82) is 0 Å². The maximum absolute atomic E-state index is 12.1. The van der Waals surface area contributed by atoms with E-state index in [0.717, 1.165) is 11.8 Å². The molecule has 3 aromatic heterocycles. The minimum atomic E-state index is -0.187. The molecule has 0 spiro atoms. The quantitative estimate of drug-likeness (QED) is 0.430. The summed E-state index contributed by atoms with van der Waals surface area (Å²) in [7, 11) is 1.75. The third-order valence-electron chi connectivity index (χ3n) is 5.89. The number of fused-ring (bicyclic) bond motifs is 2. The number of hydrogen-bond donors (Lipinski definition) is 0. The van der Waals surface area contributed by atoms with Crippen LogP contribution in [0.15, 0.2) is 59.1 Å². The number of aromatic nitrogens is 6. The van der Waals surface area contributed by atoms with Crippen LogP contribution in [0, 0.1) is 11.8 Å². The number of rotatable bonds is 4. The van der Waals surface area contributed by atoms with E-state index in [-0.39, 0.29) is 12.1 Å². The van der Waals surface area contributed by atoms with Gasteiger partial charge in [0, 0.05) is 25.8 Å². The third-order valence-corrected chi connectivity index (χ3v) is 5.89. The first kappa shape index (κ1) is 25.9. The minimum absolute atomic E-state index is 0.187. The summed E-state index contributed by atoms with van der Waals surface area (Å²) in [6, 6.07) is 8.71. The van der Waals surface area contributed by atoms with Gasteiger partial charge in [0.2, 0.25) is 5.89 Å². The highest BCUT2D eigenvalue weighted by Gasteiger charge is 2.44. The van der Waals surface area contributed by atoms with Crippen LogP contribution in [0.5, 0.6) is 0 Å². The van der Waals surface area contributed by atoms with Crippen molar-refractivity contribution in [2.24, 2.45) is 18.9 Å². The smallest absolute Gasteiger partial charge is 0.280 e. The topological polar surface area (TPSA) is 94.9 Å². The number of imidazole rings is 1. The Morgan fingerprint density at radius 1 is 1.03 bits per heavy atom. The third kappa shape index (κ3) is 6.03. The number of hydrogen-bond acceptors (Lipinski definition) is 7. The van der Waals surface area contributed by atoms with Gasteiger partial charge in [0.05, 0.1) is 6.33 Å². The van der Waals surface area contributed by atoms with E-state index >= 15 is 0 Å². The molecule has 9 nitrogen and oxygen atoms in total. The highest BCUT2D eigenvalue weighted by atomic mass is 16.5. The fourth-order valence-electron chi connectivity index (χ4n) is 4.03.